The van der Waals surface area contributed by atoms with Crippen molar-refractivity contribution in [3.8, 4) is 11.4 Å². The van der Waals surface area contributed by atoms with E-state index in [-0.39, 0.29) is 11.9 Å². The fourth-order valence-electron chi connectivity index (χ4n) is 4.37. The lowest BCUT2D eigenvalue weighted by atomic mass is 10.0. The summed E-state index contributed by atoms with van der Waals surface area (Å²) in [6, 6.07) is 15.1. The zero-order chi connectivity index (χ0) is 20.5. The topological polar surface area (TPSA) is 35.2 Å². The second-order valence-electron chi connectivity index (χ2n) is 8.07. The lowest BCUT2D eigenvalue weighted by Gasteiger charge is -2.28. The van der Waals surface area contributed by atoms with Crippen LogP contribution in [-0.4, -0.2) is 38.5 Å². The Balaban J connectivity index is 1.45. The van der Waals surface area contributed by atoms with Crippen molar-refractivity contribution >= 4 is 12.2 Å². The summed E-state index contributed by atoms with van der Waals surface area (Å²) in [5.41, 5.74) is 3.66. The first-order valence-electron chi connectivity index (χ1n) is 10.5. The number of ether oxygens (including phenoxy) is 1. The van der Waals surface area contributed by atoms with Crippen molar-refractivity contribution in [2.45, 2.75) is 45.1 Å². The lowest BCUT2D eigenvalue weighted by Crippen LogP contribution is -2.32. The maximum atomic E-state index is 13.5. The second-order valence-corrected chi connectivity index (χ2v) is 8.44. The zero-order valence-corrected chi connectivity index (χ0v) is 17.7. The Morgan fingerprint density at radius 2 is 1.90 bits per heavy atom. The third-order valence-electron chi connectivity index (χ3n) is 5.98. The third kappa shape index (κ3) is 3.97. The maximum Gasteiger partial charge on any atom is 0.199 e. The molecular formula is C23H25FN4OS. The van der Waals surface area contributed by atoms with E-state index in [1.165, 1.54) is 23.3 Å². The Hall–Kier alpha value is -2.35. The molecule has 156 valence electrons. The number of hydrogen-bond donors (Lipinski definition) is 0. The molecule has 0 spiro atoms. The van der Waals surface area contributed by atoms with Gasteiger partial charge in [-0.2, -0.15) is 5.10 Å². The van der Waals surface area contributed by atoms with E-state index in [0.29, 0.717) is 18.0 Å². The predicted octanol–water partition coefficient (Wildman–Crippen LogP) is 4.41. The molecule has 0 amide bonds. The Bertz CT molecular complexity index is 1090. The van der Waals surface area contributed by atoms with Crippen LogP contribution in [0.4, 0.5) is 4.39 Å². The molecule has 0 N–H and O–H groups in total. The molecule has 1 atom stereocenters. The smallest absolute Gasteiger partial charge is 0.199 e. The molecular weight excluding hydrogens is 399 g/mol. The molecule has 3 heterocycles. The van der Waals surface area contributed by atoms with Crippen LogP contribution in [0.15, 0.2) is 48.5 Å². The second kappa shape index (κ2) is 8.41. The molecule has 30 heavy (non-hydrogen) atoms. The Kier molecular flexibility index (Phi) is 5.50. The largest absolute Gasteiger partial charge is 0.376 e. The molecule has 5 rings (SSSR count). The zero-order valence-electron chi connectivity index (χ0n) is 16.8. The molecule has 0 saturated carbocycles. The molecule has 1 aromatic heterocycles. The van der Waals surface area contributed by atoms with Crippen molar-refractivity contribution < 1.29 is 9.13 Å². The molecule has 2 aliphatic rings. The first-order valence-corrected chi connectivity index (χ1v) is 10.9. The first-order chi connectivity index (χ1) is 14.7. The monoisotopic (exact) mass is 424 g/mol. The molecule has 0 bridgehead atoms. The highest BCUT2D eigenvalue weighted by Crippen LogP contribution is 2.24. The van der Waals surface area contributed by atoms with E-state index < -0.39 is 0 Å². The van der Waals surface area contributed by atoms with Crippen LogP contribution in [0.5, 0.6) is 0 Å². The lowest BCUT2D eigenvalue weighted by molar-refractivity contribution is 0.0966. The minimum absolute atomic E-state index is 0.149. The van der Waals surface area contributed by atoms with E-state index in [1.807, 2.05) is 4.68 Å². The summed E-state index contributed by atoms with van der Waals surface area (Å²) in [6.45, 7) is 3.98. The Labute approximate surface area is 180 Å². The number of benzene rings is 2. The number of nitrogens with zero attached hydrogens (tertiary/aromatic N) is 4. The Morgan fingerprint density at radius 1 is 1.10 bits per heavy atom. The quantitative estimate of drug-likeness (QED) is 0.568. The number of aromatic nitrogens is 3. The summed E-state index contributed by atoms with van der Waals surface area (Å²) in [4.78, 5) is 2.37. The standard InChI is InChI=1S/C23H25FN4OS/c24-20-9-7-18(8-10-20)22-25-28(23(30)27(22)15-21-6-3-13-29-21)16-26-12-11-17-4-1-2-5-19(17)14-26/h1-2,4-5,7-10,21H,3,6,11-16H2/t21-/m1/s1. The number of rotatable bonds is 5. The average molecular weight is 425 g/mol. The van der Waals surface area contributed by atoms with Gasteiger partial charge < -0.3 is 4.74 Å². The number of hydrogen-bond acceptors (Lipinski definition) is 4. The SMILES string of the molecule is Fc1ccc(-c2nn(CN3CCc4ccccc4C3)c(=S)n2C[C@H]2CCCO2)cc1. The van der Waals surface area contributed by atoms with Crippen LogP contribution in [0.3, 0.4) is 0 Å². The number of fused-ring (bicyclic) bond motifs is 1. The summed E-state index contributed by atoms with van der Waals surface area (Å²) in [7, 11) is 0. The molecule has 0 unspecified atom stereocenters. The van der Waals surface area contributed by atoms with Gasteiger partial charge >= 0.3 is 0 Å². The molecule has 0 radical (unpaired) electrons. The van der Waals surface area contributed by atoms with Crippen LogP contribution in [-0.2, 0) is 30.9 Å². The van der Waals surface area contributed by atoms with Crippen LogP contribution >= 0.6 is 12.2 Å². The maximum absolute atomic E-state index is 13.5. The molecule has 2 aromatic carbocycles. The highest BCUT2D eigenvalue weighted by molar-refractivity contribution is 7.71. The van der Waals surface area contributed by atoms with Crippen LogP contribution < -0.4 is 0 Å². The van der Waals surface area contributed by atoms with Gasteiger partial charge in [-0.25, -0.2) is 9.07 Å². The van der Waals surface area contributed by atoms with Crippen molar-refractivity contribution in [3.05, 3.63) is 70.2 Å². The highest BCUT2D eigenvalue weighted by Gasteiger charge is 2.22. The van der Waals surface area contributed by atoms with Gasteiger partial charge in [0.1, 0.15) is 5.82 Å². The van der Waals surface area contributed by atoms with Gasteiger partial charge in [-0.15, -0.1) is 0 Å². The van der Waals surface area contributed by atoms with Crippen molar-refractivity contribution in [2.75, 3.05) is 13.2 Å². The first kappa shape index (κ1) is 19.6. The van der Waals surface area contributed by atoms with E-state index >= 15 is 0 Å². The van der Waals surface area contributed by atoms with Gasteiger partial charge in [0.15, 0.2) is 10.6 Å². The Morgan fingerprint density at radius 3 is 2.67 bits per heavy atom. The van der Waals surface area contributed by atoms with Crippen LogP contribution in [0.1, 0.15) is 24.0 Å². The van der Waals surface area contributed by atoms with E-state index in [1.54, 1.807) is 12.1 Å². The minimum atomic E-state index is -0.255. The van der Waals surface area contributed by atoms with Crippen LogP contribution in [0.2, 0.25) is 0 Å². The normalized spacial score (nSPS) is 19.2. The molecule has 3 aromatic rings. The van der Waals surface area contributed by atoms with Gasteiger partial charge in [0.2, 0.25) is 0 Å². The fraction of sp³-hybridized carbons (Fsp3) is 0.391. The number of halogens is 1. The molecule has 0 aliphatic carbocycles. The molecule has 1 saturated heterocycles. The summed E-state index contributed by atoms with van der Waals surface area (Å²) < 4.78 is 23.9. The van der Waals surface area contributed by atoms with Crippen molar-refractivity contribution in [3.63, 3.8) is 0 Å². The van der Waals surface area contributed by atoms with E-state index in [9.17, 15) is 4.39 Å². The van der Waals surface area contributed by atoms with Crippen molar-refractivity contribution in [1.82, 2.24) is 19.2 Å². The fourth-order valence-corrected chi connectivity index (χ4v) is 4.63. The van der Waals surface area contributed by atoms with E-state index in [4.69, 9.17) is 22.1 Å². The molecule has 7 heteroatoms. The molecule has 2 aliphatic heterocycles. The predicted molar refractivity (Wildman–Crippen MR) is 116 cm³/mol. The van der Waals surface area contributed by atoms with Crippen LogP contribution in [0.25, 0.3) is 11.4 Å². The van der Waals surface area contributed by atoms with E-state index in [0.717, 1.165) is 50.3 Å². The van der Waals surface area contributed by atoms with Gasteiger partial charge in [-0.05, 0) is 66.9 Å². The summed E-state index contributed by atoms with van der Waals surface area (Å²) in [6.07, 6.45) is 3.28. The minimum Gasteiger partial charge on any atom is -0.376 e. The summed E-state index contributed by atoms with van der Waals surface area (Å²) in [5, 5.41) is 4.86. The van der Waals surface area contributed by atoms with Gasteiger partial charge in [-0.1, -0.05) is 24.3 Å². The summed E-state index contributed by atoms with van der Waals surface area (Å²) >= 11 is 5.83. The van der Waals surface area contributed by atoms with Crippen LogP contribution in [0, 0.1) is 10.6 Å². The van der Waals surface area contributed by atoms with Gasteiger partial charge in [0.05, 0.1) is 19.3 Å². The van der Waals surface area contributed by atoms with Gasteiger partial charge in [-0.3, -0.25) is 9.47 Å². The molecule has 1 fully saturated rings. The van der Waals surface area contributed by atoms with Crippen molar-refractivity contribution in [1.29, 1.82) is 0 Å². The summed E-state index contributed by atoms with van der Waals surface area (Å²) in [5.74, 6) is 0.516. The van der Waals surface area contributed by atoms with Crippen molar-refractivity contribution in [2.24, 2.45) is 0 Å². The van der Waals surface area contributed by atoms with Gasteiger partial charge in [0.25, 0.3) is 0 Å². The van der Waals surface area contributed by atoms with Gasteiger partial charge in [0, 0.05) is 25.3 Å². The average Bonchev–Trinajstić information content (AvgIpc) is 3.38. The van der Waals surface area contributed by atoms with E-state index in [2.05, 4.69) is 33.7 Å². The third-order valence-corrected chi connectivity index (χ3v) is 6.41. The molecule has 5 nitrogen and oxygen atoms in total. The highest BCUT2D eigenvalue weighted by atomic mass is 32.1.